The number of hydrogen-bond donors (Lipinski definition) is 2. The lowest BCUT2D eigenvalue weighted by Gasteiger charge is -2.15. The topological polar surface area (TPSA) is 97.5 Å². The number of hydrogen-bond acceptors (Lipinski definition) is 4. The maximum absolute atomic E-state index is 11.6. The quantitative estimate of drug-likeness (QED) is 0.851. The Morgan fingerprint density at radius 1 is 1.53 bits per heavy atom. The number of carboxylic acids is 1. The van der Waals surface area contributed by atoms with Gasteiger partial charge in [-0.2, -0.15) is 0 Å². The van der Waals surface area contributed by atoms with Gasteiger partial charge in [-0.15, -0.1) is 0 Å². The first kappa shape index (κ1) is 14.0. The van der Waals surface area contributed by atoms with Crippen LogP contribution < -0.4 is 5.73 Å². The van der Waals surface area contributed by atoms with Gasteiger partial charge < -0.3 is 10.8 Å². The summed E-state index contributed by atoms with van der Waals surface area (Å²) in [6.07, 6.45) is 0.998. The van der Waals surface area contributed by atoms with E-state index in [0.29, 0.717) is 0 Å². The van der Waals surface area contributed by atoms with Gasteiger partial charge in [-0.3, -0.25) is 4.79 Å². The van der Waals surface area contributed by atoms with Crippen LogP contribution in [0.3, 0.4) is 0 Å². The van der Waals surface area contributed by atoms with Crippen LogP contribution in [0.4, 0.5) is 0 Å². The molecule has 3 N–H and O–H groups in total. The van der Waals surface area contributed by atoms with Crippen molar-refractivity contribution in [1.82, 2.24) is 0 Å². The van der Waals surface area contributed by atoms with Crippen LogP contribution in [-0.4, -0.2) is 32.3 Å². The van der Waals surface area contributed by atoms with E-state index in [1.807, 2.05) is 0 Å². The van der Waals surface area contributed by atoms with Crippen molar-refractivity contribution in [1.29, 1.82) is 0 Å². The number of benzene rings is 1. The summed E-state index contributed by atoms with van der Waals surface area (Å²) in [5.74, 6) is -2.33. The number of halogens is 1. The van der Waals surface area contributed by atoms with Crippen molar-refractivity contribution in [3.05, 3.63) is 28.8 Å². The van der Waals surface area contributed by atoms with Crippen LogP contribution in [0.2, 0.25) is 5.02 Å². The van der Waals surface area contributed by atoms with E-state index in [1.165, 1.54) is 18.2 Å². The highest BCUT2D eigenvalue weighted by molar-refractivity contribution is 7.90. The fourth-order valence-corrected chi connectivity index (χ4v) is 2.86. The molecule has 0 saturated heterocycles. The van der Waals surface area contributed by atoms with Gasteiger partial charge in [0.15, 0.2) is 9.84 Å². The molecule has 0 heterocycles. The Bertz CT molecular complexity index is 541. The fraction of sp³-hybridized carbons (Fsp3) is 0.300. The molecule has 0 aromatic heterocycles. The van der Waals surface area contributed by atoms with Crippen molar-refractivity contribution in [3.63, 3.8) is 0 Å². The van der Waals surface area contributed by atoms with Crippen LogP contribution in [0, 0.1) is 0 Å². The van der Waals surface area contributed by atoms with Gasteiger partial charge in [-0.1, -0.05) is 17.7 Å². The second-order valence-corrected chi connectivity index (χ2v) is 5.94. The largest absolute Gasteiger partial charge is 0.481 e. The molecule has 17 heavy (non-hydrogen) atoms. The van der Waals surface area contributed by atoms with Crippen LogP contribution in [0.1, 0.15) is 11.5 Å². The molecule has 0 bridgehead atoms. The third-order valence-corrected chi connectivity index (χ3v) is 3.78. The van der Waals surface area contributed by atoms with Gasteiger partial charge >= 0.3 is 5.97 Å². The summed E-state index contributed by atoms with van der Waals surface area (Å²) >= 11 is 5.87. The lowest BCUT2D eigenvalue weighted by Crippen LogP contribution is -2.23. The first-order valence-electron chi connectivity index (χ1n) is 4.70. The van der Waals surface area contributed by atoms with Gasteiger partial charge in [0.1, 0.15) is 0 Å². The molecule has 1 unspecified atom stereocenters. The van der Waals surface area contributed by atoms with E-state index in [4.69, 9.17) is 22.4 Å². The van der Waals surface area contributed by atoms with E-state index in [0.717, 1.165) is 6.26 Å². The minimum atomic E-state index is -3.55. The summed E-state index contributed by atoms with van der Waals surface area (Å²) < 4.78 is 23.1. The molecule has 5 nitrogen and oxygen atoms in total. The van der Waals surface area contributed by atoms with Crippen molar-refractivity contribution in [2.24, 2.45) is 5.73 Å². The van der Waals surface area contributed by atoms with Crippen LogP contribution in [0.15, 0.2) is 23.1 Å². The lowest BCUT2D eigenvalue weighted by molar-refractivity contribution is -0.138. The molecule has 0 amide bonds. The predicted molar refractivity (Wildman–Crippen MR) is 64.0 cm³/mol. The number of carbonyl (C=O) groups is 1. The van der Waals surface area contributed by atoms with E-state index in [-0.39, 0.29) is 22.0 Å². The molecule has 1 aromatic carbocycles. The molecule has 94 valence electrons. The number of carboxylic acid groups (broad SMARTS) is 1. The normalized spacial score (nSPS) is 13.4. The predicted octanol–water partition coefficient (Wildman–Crippen LogP) is 0.870. The molecule has 0 aliphatic carbocycles. The van der Waals surface area contributed by atoms with Gasteiger partial charge in [0.05, 0.1) is 10.8 Å². The van der Waals surface area contributed by atoms with Crippen molar-refractivity contribution in [2.75, 3.05) is 12.8 Å². The molecule has 1 rings (SSSR count). The Kier molecular flexibility index (Phi) is 4.13. The number of sulfone groups is 1. The number of rotatable bonds is 4. The highest BCUT2D eigenvalue weighted by Gasteiger charge is 2.27. The highest BCUT2D eigenvalue weighted by atomic mass is 35.5. The summed E-state index contributed by atoms with van der Waals surface area (Å²) in [7, 11) is -3.55. The first-order chi connectivity index (χ1) is 7.79. The number of aliphatic carboxylic acids is 1. The monoisotopic (exact) mass is 277 g/mol. The van der Waals surface area contributed by atoms with Gasteiger partial charge in [0.25, 0.3) is 0 Å². The minimum absolute atomic E-state index is 0.0478. The van der Waals surface area contributed by atoms with Crippen LogP contribution in [-0.2, 0) is 14.6 Å². The zero-order chi connectivity index (χ0) is 13.2. The molecule has 1 atom stereocenters. The molecule has 0 radical (unpaired) electrons. The number of nitrogens with two attached hydrogens (primary N) is 1. The Balaban J connectivity index is 3.56. The van der Waals surface area contributed by atoms with Gasteiger partial charge in [0, 0.05) is 23.4 Å². The smallest absolute Gasteiger partial charge is 0.312 e. The van der Waals surface area contributed by atoms with Gasteiger partial charge in [-0.25, -0.2) is 8.42 Å². The summed E-state index contributed by atoms with van der Waals surface area (Å²) in [5.41, 5.74) is 5.40. The average molecular weight is 278 g/mol. The van der Waals surface area contributed by atoms with E-state index < -0.39 is 21.7 Å². The molecule has 0 spiro atoms. The second kappa shape index (κ2) is 5.03. The van der Waals surface area contributed by atoms with E-state index in [9.17, 15) is 13.2 Å². The lowest BCUT2D eigenvalue weighted by atomic mass is 9.99. The first-order valence-corrected chi connectivity index (χ1v) is 6.97. The summed E-state index contributed by atoms with van der Waals surface area (Å²) in [4.78, 5) is 10.9. The molecule has 7 heteroatoms. The zero-order valence-electron chi connectivity index (χ0n) is 9.05. The van der Waals surface area contributed by atoms with Crippen molar-refractivity contribution in [2.45, 2.75) is 10.8 Å². The SMILES string of the molecule is CS(=O)(=O)c1cccc(Cl)c1C(CN)C(=O)O. The summed E-state index contributed by atoms with van der Waals surface area (Å²) in [6, 6.07) is 4.22. The molecule has 1 aromatic rings. The Morgan fingerprint density at radius 2 is 2.12 bits per heavy atom. The molecule has 0 aliphatic heterocycles. The second-order valence-electron chi connectivity index (χ2n) is 3.55. The average Bonchev–Trinajstić information content (AvgIpc) is 2.19. The Morgan fingerprint density at radius 3 is 2.53 bits per heavy atom. The summed E-state index contributed by atoms with van der Waals surface area (Å²) in [6.45, 7) is -0.221. The van der Waals surface area contributed by atoms with Gasteiger partial charge in [0.2, 0.25) is 0 Å². The molecule has 0 fully saturated rings. The Hall–Kier alpha value is -1.11. The molecular formula is C10H12ClNO4S. The van der Waals surface area contributed by atoms with Crippen LogP contribution >= 0.6 is 11.6 Å². The van der Waals surface area contributed by atoms with Crippen molar-refractivity contribution >= 4 is 27.4 Å². The minimum Gasteiger partial charge on any atom is -0.481 e. The maximum Gasteiger partial charge on any atom is 0.312 e. The fourth-order valence-electron chi connectivity index (χ4n) is 1.52. The maximum atomic E-state index is 11.6. The zero-order valence-corrected chi connectivity index (χ0v) is 10.6. The third kappa shape index (κ3) is 2.96. The molecule has 0 aliphatic rings. The molecule has 0 saturated carbocycles. The third-order valence-electron chi connectivity index (χ3n) is 2.29. The highest BCUT2D eigenvalue weighted by Crippen LogP contribution is 2.30. The summed E-state index contributed by atoms with van der Waals surface area (Å²) in [5, 5.41) is 9.10. The van der Waals surface area contributed by atoms with Gasteiger partial charge in [-0.05, 0) is 12.1 Å². The van der Waals surface area contributed by atoms with Crippen LogP contribution in [0.25, 0.3) is 0 Å². The van der Waals surface area contributed by atoms with E-state index in [1.54, 1.807) is 0 Å². The van der Waals surface area contributed by atoms with Crippen LogP contribution in [0.5, 0.6) is 0 Å². The van der Waals surface area contributed by atoms with Crippen molar-refractivity contribution in [3.8, 4) is 0 Å². The standard InChI is InChI=1S/C10H12ClNO4S/c1-17(15,16)8-4-2-3-7(11)9(8)6(5-12)10(13)14/h2-4,6H,5,12H2,1H3,(H,13,14). The van der Waals surface area contributed by atoms with E-state index >= 15 is 0 Å². The molecular weight excluding hydrogens is 266 g/mol. The van der Waals surface area contributed by atoms with E-state index in [2.05, 4.69) is 0 Å². The van der Waals surface area contributed by atoms with Crippen molar-refractivity contribution < 1.29 is 18.3 Å². The Labute approximate surface area is 104 Å².